The van der Waals surface area contributed by atoms with E-state index in [9.17, 15) is 9.50 Å². The number of H-pyrrole nitrogens is 1. The van der Waals surface area contributed by atoms with E-state index in [0.717, 1.165) is 5.54 Å². The van der Waals surface area contributed by atoms with Crippen LogP contribution in [0.3, 0.4) is 0 Å². The van der Waals surface area contributed by atoms with Gasteiger partial charge in [0.2, 0.25) is 0 Å². The van der Waals surface area contributed by atoms with Crippen LogP contribution in [0.2, 0.25) is 0 Å². The Morgan fingerprint density at radius 2 is 2.33 bits per heavy atom. The van der Waals surface area contributed by atoms with Crippen LogP contribution < -0.4 is 0 Å². The van der Waals surface area contributed by atoms with Crippen molar-refractivity contribution in [3.8, 4) is 0 Å². The summed E-state index contributed by atoms with van der Waals surface area (Å²) in [6.07, 6.45) is 1.38. The number of aromatic nitrogens is 3. The fourth-order valence-corrected chi connectivity index (χ4v) is 2.08. The molecule has 8 heteroatoms. The molecule has 0 saturated heterocycles. The van der Waals surface area contributed by atoms with Gasteiger partial charge in [-0.05, 0) is 12.2 Å². The van der Waals surface area contributed by atoms with E-state index in [1.807, 2.05) is 0 Å². The van der Waals surface area contributed by atoms with Gasteiger partial charge in [0.15, 0.2) is 4.77 Å². The Hall–Kier alpha value is -0.430. The van der Waals surface area contributed by atoms with Gasteiger partial charge in [-0.25, -0.2) is 4.68 Å². The predicted octanol–water partition coefficient (Wildman–Crippen LogP) is 2.99. The van der Waals surface area contributed by atoms with E-state index in [1.165, 1.54) is 11.0 Å². The summed E-state index contributed by atoms with van der Waals surface area (Å²) < 4.78 is 14.8. The molecular weight excluding hydrogens is 300 g/mol. The van der Waals surface area contributed by atoms with Gasteiger partial charge in [0.05, 0.1) is 18.3 Å². The van der Waals surface area contributed by atoms with Gasteiger partial charge in [0.1, 0.15) is 11.9 Å². The number of alkyl halides is 1. The van der Waals surface area contributed by atoms with Crippen molar-refractivity contribution in [2.24, 2.45) is 5.41 Å². The lowest BCUT2D eigenvalue weighted by atomic mass is 9.75. The summed E-state index contributed by atoms with van der Waals surface area (Å²) in [5.41, 5.74) is -1.81. The van der Waals surface area contributed by atoms with E-state index >= 15 is 0 Å². The molecule has 0 aliphatic rings. The maximum Gasteiger partial charge on any atom is 0.195 e. The number of nitrogens with one attached hydrogen (secondary N) is 1. The zero-order valence-corrected chi connectivity index (χ0v) is 12.3. The monoisotopic (exact) mass is 313 g/mol. The molecule has 0 bridgehead atoms. The highest BCUT2D eigenvalue weighted by Crippen LogP contribution is 2.40. The second kappa shape index (κ2) is 5.69. The van der Waals surface area contributed by atoms with Crippen molar-refractivity contribution in [3.63, 3.8) is 0 Å². The number of hydrogen-bond donors (Lipinski definition) is 2. The molecule has 1 heterocycles. The van der Waals surface area contributed by atoms with Crippen LogP contribution in [0.1, 0.15) is 13.8 Å². The predicted molar refractivity (Wildman–Crippen MR) is 71.9 cm³/mol. The summed E-state index contributed by atoms with van der Waals surface area (Å²) in [7, 11) is 0. The van der Waals surface area contributed by atoms with Crippen LogP contribution in [0.5, 0.6) is 0 Å². The van der Waals surface area contributed by atoms with E-state index in [4.69, 9.17) is 35.4 Å². The fraction of sp³-hybridized carbons (Fsp3) is 0.600. The fourth-order valence-electron chi connectivity index (χ4n) is 1.42. The SMILES string of the molecule is CC(C)(CF)C(O)(Cn1nc[nH]c1=S)C(Cl)=CCl. The lowest BCUT2D eigenvalue weighted by Gasteiger charge is -2.40. The molecule has 0 amide bonds. The Morgan fingerprint density at radius 1 is 1.72 bits per heavy atom. The summed E-state index contributed by atoms with van der Waals surface area (Å²) in [5, 5.41) is 14.5. The van der Waals surface area contributed by atoms with Crippen LogP contribution in [0.25, 0.3) is 0 Å². The standard InChI is InChI=1S/C10H14Cl2FN3OS/c1-9(2,4-13)10(17,7(12)3-11)5-16-8(18)14-6-15-16/h3,6,17H,4-5H2,1-2H3,(H,14,15,18). The van der Waals surface area contributed by atoms with Gasteiger partial charge in [-0.3, -0.25) is 4.39 Å². The first-order valence-corrected chi connectivity index (χ1v) is 6.36. The molecule has 1 atom stereocenters. The van der Waals surface area contributed by atoms with Crippen molar-refractivity contribution < 1.29 is 9.50 Å². The number of aliphatic hydroxyl groups is 1. The van der Waals surface area contributed by atoms with Crippen LogP contribution in [0.15, 0.2) is 16.9 Å². The smallest absolute Gasteiger partial charge is 0.195 e. The number of rotatable bonds is 5. The highest BCUT2D eigenvalue weighted by Gasteiger charge is 2.47. The second-order valence-electron chi connectivity index (χ2n) is 4.59. The molecule has 0 aliphatic heterocycles. The molecule has 2 N–H and O–H groups in total. The Morgan fingerprint density at radius 3 is 2.72 bits per heavy atom. The molecule has 1 unspecified atom stereocenters. The van der Waals surface area contributed by atoms with Crippen LogP contribution in [0.4, 0.5) is 4.39 Å². The zero-order chi connectivity index (χ0) is 14.0. The summed E-state index contributed by atoms with van der Waals surface area (Å²) >= 11 is 16.5. The number of halogens is 3. The van der Waals surface area contributed by atoms with Gasteiger partial charge in [-0.2, -0.15) is 5.10 Å². The first-order valence-electron chi connectivity index (χ1n) is 5.13. The van der Waals surface area contributed by atoms with Crippen molar-refractivity contribution in [1.29, 1.82) is 0 Å². The molecule has 0 fully saturated rings. The third-order valence-electron chi connectivity index (χ3n) is 2.94. The van der Waals surface area contributed by atoms with E-state index in [1.54, 1.807) is 13.8 Å². The number of hydrogen-bond acceptors (Lipinski definition) is 3. The van der Waals surface area contributed by atoms with Crippen molar-refractivity contribution in [3.05, 3.63) is 21.7 Å². The molecule has 0 saturated carbocycles. The minimum atomic E-state index is -1.70. The average Bonchev–Trinajstić information content (AvgIpc) is 2.73. The second-order valence-corrected chi connectivity index (χ2v) is 5.60. The highest BCUT2D eigenvalue weighted by atomic mass is 35.5. The van der Waals surface area contributed by atoms with Gasteiger partial charge in [0, 0.05) is 11.0 Å². The minimum absolute atomic E-state index is 0.0586. The van der Waals surface area contributed by atoms with Gasteiger partial charge in [0.25, 0.3) is 0 Å². The lowest BCUT2D eigenvalue weighted by Crippen LogP contribution is -2.50. The third kappa shape index (κ3) is 2.77. The van der Waals surface area contributed by atoms with Gasteiger partial charge >= 0.3 is 0 Å². The quantitative estimate of drug-likeness (QED) is 0.822. The van der Waals surface area contributed by atoms with Crippen LogP contribution >= 0.6 is 35.4 Å². The first-order chi connectivity index (χ1) is 8.28. The maximum atomic E-state index is 13.1. The molecule has 0 aromatic carbocycles. The average molecular weight is 314 g/mol. The third-order valence-corrected chi connectivity index (χ3v) is 4.02. The van der Waals surface area contributed by atoms with Crippen LogP contribution in [0, 0.1) is 10.2 Å². The summed E-state index contributed by atoms with van der Waals surface area (Å²) in [6, 6.07) is 0. The van der Waals surface area contributed by atoms with Crippen LogP contribution in [-0.2, 0) is 6.54 Å². The number of aromatic amines is 1. The van der Waals surface area contributed by atoms with Gasteiger partial charge in [-0.15, -0.1) is 0 Å². The molecule has 102 valence electrons. The Labute approximate surface area is 119 Å². The Bertz CT molecular complexity index is 499. The summed E-state index contributed by atoms with van der Waals surface area (Å²) in [4.78, 5) is 2.68. The van der Waals surface area contributed by atoms with Crippen molar-refractivity contribution in [2.45, 2.75) is 26.0 Å². The minimum Gasteiger partial charge on any atom is -0.382 e. The van der Waals surface area contributed by atoms with E-state index in [0.29, 0.717) is 4.77 Å². The molecule has 1 rings (SSSR count). The molecule has 4 nitrogen and oxygen atoms in total. The van der Waals surface area contributed by atoms with Crippen molar-refractivity contribution in [1.82, 2.24) is 14.8 Å². The van der Waals surface area contributed by atoms with Crippen LogP contribution in [-0.4, -0.2) is 32.1 Å². The maximum absolute atomic E-state index is 13.1. The van der Waals surface area contributed by atoms with Crippen molar-refractivity contribution >= 4 is 35.4 Å². The van der Waals surface area contributed by atoms with E-state index in [-0.39, 0.29) is 11.6 Å². The first kappa shape index (κ1) is 15.6. The van der Waals surface area contributed by atoms with Gasteiger partial charge in [-0.1, -0.05) is 37.0 Å². The topological polar surface area (TPSA) is 53.8 Å². The molecular formula is C10H14Cl2FN3OS. The molecule has 0 aliphatic carbocycles. The number of nitrogens with zero attached hydrogens (tertiary/aromatic N) is 2. The molecule has 1 aromatic heterocycles. The molecule has 1 aromatic rings. The largest absolute Gasteiger partial charge is 0.382 e. The van der Waals surface area contributed by atoms with Crippen molar-refractivity contribution in [2.75, 3.05) is 6.67 Å². The van der Waals surface area contributed by atoms with E-state index < -0.39 is 17.7 Å². The molecule has 0 spiro atoms. The highest BCUT2D eigenvalue weighted by molar-refractivity contribution is 7.71. The Kier molecular flexibility index (Phi) is 4.94. The molecule has 0 radical (unpaired) electrons. The lowest BCUT2D eigenvalue weighted by molar-refractivity contribution is -0.0557. The summed E-state index contributed by atoms with van der Waals surface area (Å²) in [5.74, 6) is 0. The normalized spacial score (nSPS) is 16.7. The van der Waals surface area contributed by atoms with E-state index in [2.05, 4.69) is 10.1 Å². The van der Waals surface area contributed by atoms with Gasteiger partial charge < -0.3 is 10.1 Å². The molecule has 18 heavy (non-hydrogen) atoms. The zero-order valence-electron chi connectivity index (χ0n) is 9.95. The summed E-state index contributed by atoms with van der Waals surface area (Å²) in [6.45, 7) is 2.23. The Balaban J connectivity index is 3.23.